The Balaban J connectivity index is 1.83. The standard InChI is InChI=1S/C22H20N2O2/c1-4-13(2)15-9-11-16(12-10-15)24-21(25)19-14(3)23-18-8-6-5-7-17(18)20(19)22(24)26/h5-13H,4H2,1-3H3. The largest absolute Gasteiger partial charge is 0.268 e. The van der Waals surface area contributed by atoms with Gasteiger partial charge in [0.2, 0.25) is 0 Å². The lowest BCUT2D eigenvalue weighted by Gasteiger charge is -2.16. The van der Waals surface area contributed by atoms with Crippen molar-refractivity contribution in [3.05, 3.63) is 70.9 Å². The zero-order valence-electron chi connectivity index (χ0n) is 15.1. The van der Waals surface area contributed by atoms with E-state index in [1.807, 2.05) is 48.5 Å². The first-order valence-electron chi connectivity index (χ1n) is 8.91. The Morgan fingerprint density at radius 2 is 1.62 bits per heavy atom. The molecule has 26 heavy (non-hydrogen) atoms. The fourth-order valence-corrected chi connectivity index (χ4v) is 3.56. The average molecular weight is 344 g/mol. The molecule has 1 aromatic heterocycles. The molecule has 0 bridgehead atoms. The summed E-state index contributed by atoms with van der Waals surface area (Å²) in [5.74, 6) is -0.123. The Morgan fingerprint density at radius 3 is 2.31 bits per heavy atom. The number of imide groups is 1. The molecule has 3 aromatic rings. The van der Waals surface area contributed by atoms with Crippen molar-refractivity contribution in [3.63, 3.8) is 0 Å². The predicted molar refractivity (Wildman–Crippen MR) is 103 cm³/mol. The van der Waals surface area contributed by atoms with Gasteiger partial charge in [-0.1, -0.05) is 44.2 Å². The van der Waals surface area contributed by atoms with Crippen molar-refractivity contribution in [2.75, 3.05) is 4.90 Å². The van der Waals surface area contributed by atoms with Gasteiger partial charge in [-0.2, -0.15) is 0 Å². The predicted octanol–water partition coefficient (Wildman–Crippen LogP) is 4.86. The maximum atomic E-state index is 13.1. The molecule has 0 saturated heterocycles. The fourth-order valence-electron chi connectivity index (χ4n) is 3.56. The minimum Gasteiger partial charge on any atom is -0.268 e. The lowest BCUT2D eigenvalue weighted by atomic mass is 9.98. The lowest BCUT2D eigenvalue weighted by molar-refractivity contribution is 0.0926. The molecule has 4 nitrogen and oxygen atoms in total. The van der Waals surface area contributed by atoms with Gasteiger partial charge >= 0.3 is 0 Å². The third-order valence-corrected chi connectivity index (χ3v) is 5.24. The summed E-state index contributed by atoms with van der Waals surface area (Å²) in [4.78, 5) is 31.9. The molecule has 2 heterocycles. The zero-order chi connectivity index (χ0) is 18.4. The number of hydrogen-bond donors (Lipinski definition) is 0. The van der Waals surface area contributed by atoms with Crippen molar-refractivity contribution in [1.82, 2.24) is 4.98 Å². The van der Waals surface area contributed by atoms with Gasteiger partial charge in [-0.3, -0.25) is 14.6 Å². The van der Waals surface area contributed by atoms with Crippen LogP contribution in [0.15, 0.2) is 48.5 Å². The second kappa shape index (κ2) is 6.06. The van der Waals surface area contributed by atoms with Crippen molar-refractivity contribution in [2.24, 2.45) is 0 Å². The summed E-state index contributed by atoms with van der Waals surface area (Å²) >= 11 is 0. The first-order chi connectivity index (χ1) is 12.5. The van der Waals surface area contributed by atoms with Crippen LogP contribution in [0.1, 0.15) is 58.2 Å². The number of pyridine rings is 1. The van der Waals surface area contributed by atoms with Crippen molar-refractivity contribution < 1.29 is 9.59 Å². The van der Waals surface area contributed by atoms with Crippen LogP contribution < -0.4 is 4.90 Å². The van der Waals surface area contributed by atoms with E-state index in [9.17, 15) is 9.59 Å². The number of carbonyl (C=O) groups is 2. The Morgan fingerprint density at radius 1 is 0.962 bits per heavy atom. The van der Waals surface area contributed by atoms with E-state index in [1.54, 1.807) is 6.92 Å². The highest BCUT2D eigenvalue weighted by Gasteiger charge is 2.39. The van der Waals surface area contributed by atoms with Gasteiger partial charge in [-0.05, 0) is 43.0 Å². The van der Waals surface area contributed by atoms with Gasteiger partial charge in [0.15, 0.2) is 0 Å². The highest BCUT2D eigenvalue weighted by Crippen LogP contribution is 2.34. The molecule has 4 rings (SSSR count). The van der Waals surface area contributed by atoms with E-state index < -0.39 is 0 Å². The molecule has 0 radical (unpaired) electrons. The van der Waals surface area contributed by atoms with Crippen LogP contribution in [0.2, 0.25) is 0 Å². The lowest BCUT2D eigenvalue weighted by Crippen LogP contribution is -2.29. The number of aryl methyl sites for hydroxylation is 1. The molecule has 130 valence electrons. The molecule has 2 amide bonds. The van der Waals surface area contributed by atoms with Crippen molar-refractivity contribution in [1.29, 1.82) is 0 Å². The number of rotatable bonds is 3. The Kier molecular flexibility index (Phi) is 3.83. The summed E-state index contributed by atoms with van der Waals surface area (Å²) in [6.45, 7) is 6.09. The van der Waals surface area contributed by atoms with Crippen LogP contribution in [0.25, 0.3) is 10.9 Å². The van der Waals surface area contributed by atoms with Crippen LogP contribution in [0, 0.1) is 6.92 Å². The Bertz CT molecular complexity index is 1040. The van der Waals surface area contributed by atoms with E-state index in [4.69, 9.17) is 0 Å². The number of hydrogen-bond acceptors (Lipinski definition) is 3. The molecule has 0 spiro atoms. The van der Waals surface area contributed by atoms with Crippen molar-refractivity contribution in [2.45, 2.75) is 33.1 Å². The summed E-state index contributed by atoms with van der Waals surface area (Å²) < 4.78 is 0. The molecular formula is C22H20N2O2. The minimum atomic E-state index is -0.294. The summed E-state index contributed by atoms with van der Waals surface area (Å²) in [6.07, 6.45) is 1.04. The Hall–Kier alpha value is -3.01. The summed E-state index contributed by atoms with van der Waals surface area (Å²) in [7, 11) is 0. The molecule has 1 unspecified atom stereocenters. The summed E-state index contributed by atoms with van der Waals surface area (Å²) in [5, 5.41) is 0.727. The summed E-state index contributed by atoms with van der Waals surface area (Å²) in [5.41, 5.74) is 4.02. The minimum absolute atomic E-state index is 0.275. The van der Waals surface area contributed by atoms with E-state index in [0.29, 0.717) is 28.4 Å². The molecule has 0 fully saturated rings. The number of carbonyl (C=O) groups excluding carboxylic acids is 2. The second-order valence-electron chi connectivity index (χ2n) is 6.81. The van der Waals surface area contributed by atoms with Gasteiger partial charge in [0.1, 0.15) is 0 Å². The van der Waals surface area contributed by atoms with Crippen LogP contribution in [-0.4, -0.2) is 16.8 Å². The van der Waals surface area contributed by atoms with Gasteiger partial charge < -0.3 is 0 Å². The van der Waals surface area contributed by atoms with E-state index in [1.165, 1.54) is 10.5 Å². The van der Waals surface area contributed by atoms with E-state index >= 15 is 0 Å². The fraction of sp³-hybridized carbons (Fsp3) is 0.227. The quantitative estimate of drug-likeness (QED) is 0.638. The number of anilines is 1. The van der Waals surface area contributed by atoms with Crippen LogP contribution >= 0.6 is 0 Å². The highest BCUT2D eigenvalue weighted by atomic mass is 16.2. The van der Waals surface area contributed by atoms with E-state index in [0.717, 1.165) is 17.3 Å². The molecule has 1 aliphatic rings. The number of nitrogens with zero attached hydrogens (tertiary/aromatic N) is 2. The number of para-hydroxylation sites is 1. The summed E-state index contributed by atoms with van der Waals surface area (Å²) in [6, 6.07) is 15.2. The van der Waals surface area contributed by atoms with Crippen molar-refractivity contribution >= 4 is 28.4 Å². The number of aromatic nitrogens is 1. The maximum Gasteiger partial charge on any atom is 0.268 e. The first kappa shape index (κ1) is 16.5. The molecule has 4 heteroatoms. The smallest absolute Gasteiger partial charge is 0.268 e. The molecule has 0 aliphatic carbocycles. The molecule has 1 atom stereocenters. The SMILES string of the molecule is CCC(C)c1ccc(N2C(=O)c3c(C)nc4ccccc4c3C2=O)cc1. The number of benzene rings is 2. The normalized spacial score (nSPS) is 14.8. The van der Waals surface area contributed by atoms with Gasteiger partial charge in [-0.25, -0.2) is 4.90 Å². The maximum absolute atomic E-state index is 13.1. The molecular weight excluding hydrogens is 324 g/mol. The van der Waals surface area contributed by atoms with Crippen LogP contribution in [0.4, 0.5) is 5.69 Å². The first-order valence-corrected chi connectivity index (χ1v) is 8.91. The molecule has 1 aliphatic heterocycles. The van der Waals surface area contributed by atoms with Crippen LogP contribution in [-0.2, 0) is 0 Å². The zero-order valence-corrected chi connectivity index (χ0v) is 15.1. The topological polar surface area (TPSA) is 50.3 Å². The molecule has 0 saturated carbocycles. The van der Waals surface area contributed by atoms with Gasteiger partial charge in [0, 0.05) is 5.39 Å². The van der Waals surface area contributed by atoms with Crippen LogP contribution in [0.3, 0.4) is 0 Å². The van der Waals surface area contributed by atoms with Gasteiger partial charge in [-0.15, -0.1) is 0 Å². The second-order valence-corrected chi connectivity index (χ2v) is 6.81. The number of fused-ring (bicyclic) bond motifs is 3. The van der Waals surface area contributed by atoms with Gasteiger partial charge in [0.25, 0.3) is 11.8 Å². The third kappa shape index (κ3) is 2.33. The van der Waals surface area contributed by atoms with E-state index in [2.05, 4.69) is 18.8 Å². The molecule has 2 aromatic carbocycles. The molecule has 0 N–H and O–H groups in total. The van der Waals surface area contributed by atoms with E-state index in [-0.39, 0.29) is 11.8 Å². The Labute approximate surface area is 152 Å². The monoisotopic (exact) mass is 344 g/mol. The van der Waals surface area contributed by atoms with Crippen LogP contribution in [0.5, 0.6) is 0 Å². The highest BCUT2D eigenvalue weighted by molar-refractivity contribution is 6.37. The average Bonchev–Trinajstić information content (AvgIpc) is 2.93. The number of amides is 2. The van der Waals surface area contributed by atoms with Gasteiger partial charge in [0.05, 0.1) is 28.0 Å². The third-order valence-electron chi connectivity index (χ3n) is 5.24. The van der Waals surface area contributed by atoms with Crippen molar-refractivity contribution in [3.8, 4) is 0 Å².